The second-order valence-electron chi connectivity index (χ2n) is 7.86. The molecule has 0 saturated carbocycles. The fourth-order valence-electron chi connectivity index (χ4n) is 3.14. The van der Waals surface area contributed by atoms with Crippen LogP contribution in [-0.2, 0) is 19.1 Å². The second kappa shape index (κ2) is 19.6. The van der Waals surface area contributed by atoms with Crippen LogP contribution >= 0.6 is 0 Å². The zero-order chi connectivity index (χ0) is 25.8. The Morgan fingerprint density at radius 3 is 1.53 bits per heavy atom. The van der Waals surface area contributed by atoms with Crippen LogP contribution in [0.4, 0.5) is 4.79 Å². The maximum atomic E-state index is 13.0. The molecule has 4 amide bonds. The molecule has 12 nitrogen and oxygen atoms in total. The molecule has 11 N–H and O–H groups in total. The highest BCUT2D eigenvalue weighted by Crippen LogP contribution is 2.07. The van der Waals surface area contributed by atoms with E-state index in [0.717, 1.165) is 0 Å². The number of carbonyl (C=O) groups is 4. The van der Waals surface area contributed by atoms with E-state index in [1.165, 1.54) is 0 Å². The molecular formula is C22H41N7O5. The van der Waals surface area contributed by atoms with Crippen LogP contribution in [0.5, 0.6) is 0 Å². The predicted molar refractivity (Wildman–Crippen MR) is 129 cm³/mol. The van der Waals surface area contributed by atoms with Gasteiger partial charge in [-0.3, -0.25) is 14.4 Å². The molecule has 0 saturated heterocycles. The normalized spacial score (nSPS) is 13.1. The van der Waals surface area contributed by atoms with E-state index in [9.17, 15) is 19.2 Å². The lowest BCUT2D eigenvalue weighted by Crippen LogP contribution is -2.56. The van der Waals surface area contributed by atoms with Gasteiger partial charge in [-0.1, -0.05) is 5.92 Å². The van der Waals surface area contributed by atoms with Gasteiger partial charge in [0.25, 0.3) is 0 Å². The van der Waals surface area contributed by atoms with Gasteiger partial charge < -0.3 is 43.6 Å². The number of hydrogen-bond donors (Lipinski definition) is 7. The Labute approximate surface area is 201 Å². The highest BCUT2D eigenvalue weighted by Gasteiger charge is 2.28. The lowest BCUT2D eigenvalue weighted by Gasteiger charge is -2.24. The second-order valence-corrected chi connectivity index (χ2v) is 7.86. The Balaban J connectivity index is 5.35. The van der Waals surface area contributed by atoms with Crippen molar-refractivity contribution in [3.63, 3.8) is 0 Å². The van der Waals surface area contributed by atoms with Gasteiger partial charge in [-0.25, -0.2) is 4.79 Å². The summed E-state index contributed by atoms with van der Waals surface area (Å²) in [5.74, 6) is 0.383. The molecule has 0 spiro atoms. The van der Waals surface area contributed by atoms with Crippen molar-refractivity contribution in [2.45, 2.75) is 75.9 Å². The number of rotatable bonds is 19. The van der Waals surface area contributed by atoms with Gasteiger partial charge in [-0.05, 0) is 77.4 Å². The number of nitrogens with two attached hydrogens (primary N) is 4. The quantitative estimate of drug-likeness (QED) is 0.0849. The minimum absolute atomic E-state index is 0.244. The molecule has 0 heterocycles. The average Bonchev–Trinajstić information content (AvgIpc) is 2.80. The van der Waals surface area contributed by atoms with E-state index in [-0.39, 0.29) is 13.0 Å². The molecular weight excluding hydrogens is 442 g/mol. The zero-order valence-corrected chi connectivity index (χ0v) is 19.9. The third kappa shape index (κ3) is 14.3. The van der Waals surface area contributed by atoms with Crippen molar-refractivity contribution < 1.29 is 23.9 Å². The van der Waals surface area contributed by atoms with E-state index in [2.05, 4.69) is 21.9 Å². The maximum Gasteiger partial charge on any atom is 0.408 e. The van der Waals surface area contributed by atoms with E-state index in [4.69, 9.17) is 34.1 Å². The molecule has 0 aliphatic carbocycles. The van der Waals surface area contributed by atoms with Gasteiger partial charge in [0, 0.05) is 0 Å². The number of terminal acetylenes is 1. The summed E-state index contributed by atoms with van der Waals surface area (Å²) >= 11 is 0. The van der Waals surface area contributed by atoms with Crippen LogP contribution in [-0.4, -0.2) is 68.2 Å². The van der Waals surface area contributed by atoms with Gasteiger partial charge >= 0.3 is 6.09 Å². The van der Waals surface area contributed by atoms with Gasteiger partial charge in [0.05, 0.1) is 0 Å². The monoisotopic (exact) mass is 483 g/mol. The fraction of sp³-hybridized carbons (Fsp3) is 0.727. The average molecular weight is 484 g/mol. The Morgan fingerprint density at radius 2 is 1.12 bits per heavy atom. The van der Waals surface area contributed by atoms with E-state index < -0.39 is 41.9 Å². The summed E-state index contributed by atoms with van der Waals surface area (Å²) < 4.78 is 4.79. The van der Waals surface area contributed by atoms with Gasteiger partial charge in [-0.15, -0.1) is 6.42 Å². The molecule has 0 aromatic rings. The van der Waals surface area contributed by atoms with Crippen LogP contribution in [0.2, 0.25) is 0 Å². The number of hydrogen-bond acceptors (Lipinski definition) is 8. The topological polar surface area (TPSA) is 218 Å². The summed E-state index contributed by atoms with van der Waals surface area (Å²) in [6.45, 7) is 1.07. The minimum atomic E-state index is -0.960. The molecule has 0 aromatic heterocycles. The van der Waals surface area contributed by atoms with Crippen LogP contribution in [0, 0.1) is 12.3 Å². The van der Waals surface area contributed by atoms with Crippen molar-refractivity contribution in [3.8, 4) is 12.3 Å². The first kappa shape index (κ1) is 31.1. The van der Waals surface area contributed by atoms with Crippen molar-refractivity contribution in [1.82, 2.24) is 16.0 Å². The minimum Gasteiger partial charge on any atom is -0.436 e. The molecule has 0 rings (SSSR count). The molecule has 0 aromatic carbocycles. The molecule has 0 aliphatic rings. The smallest absolute Gasteiger partial charge is 0.408 e. The van der Waals surface area contributed by atoms with Crippen molar-refractivity contribution in [3.05, 3.63) is 0 Å². The molecule has 0 fully saturated rings. The first-order valence-corrected chi connectivity index (χ1v) is 11.7. The van der Waals surface area contributed by atoms with Crippen LogP contribution in [0.15, 0.2) is 0 Å². The van der Waals surface area contributed by atoms with E-state index in [1.807, 2.05) is 0 Å². The van der Waals surface area contributed by atoms with Crippen LogP contribution in [0.1, 0.15) is 57.8 Å². The van der Waals surface area contributed by atoms with Crippen LogP contribution in [0.3, 0.4) is 0 Å². The van der Waals surface area contributed by atoms with Gasteiger partial charge in [0.15, 0.2) is 6.61 Å². The molecule has 0 unspecified atom stereocenters. The van der Waals surface area contributed by atoms with Crippen LogP contribution in [0.25, 0.3) is 0 Å². The van der Waals surface area contributed by atoms with Gasteiger partial charge in [0.1, 0.15) is 18.1 Å². The predicted octanol–water partition coefficient (Wildman–Crippen LogP) is -1.44. The Bertz CT molecular complexity index is 669. The lowest BCUT2D eigenvalue weighted by atomic mass is 10.0. The Kier molecular flexibility index (Phi) is 17.9. The molecule has 0 radical (unpaired) electrons. The molecule has 0 aliphatic heterocycles. The third-order valence-corrected chi connectivity index (χ3v) is 5.03. The van der Waals surface area contributed by atoms with E-state index in [0.29, 0.717) is 71.0 Å². The van der Waals surface area contributed by atoms with Crippen molar-refractivity contribution in [1.29, 1.82) is 0 Å². The number of primary amides is 1. The number of alkyl carbamates (subject to hydrolysis) is 1. The van der Waals surface area contributed by atoms with Crippen molar-refractivity contribution in [2.24, 2.45) is 22.9 Å². The Hall–Kier alpha value is -2.88. The number of carbonyl (C=O) groups excluding carboxylic acids is 4. The largest absolute Gasteiger partial charge is 0.436 e. The standard InChI is InChI=1S/C22H41N7O5/c1-2-15-34-22(33)29-18(11-5-8-14-25)21(32)28-17(10-4-7-13-24)20(31)27-16(19(26)30)9-3-6-12-23/h1,16-18H,3-15,23-25H2,(H2,26,30)(H,27,31)(H,28,32)(H,29,33)/t16-,17-,18-/m0/s1. The zero-order valence-electron chi connectivity index (χ0n) is 19.9. The summed E-state index contributed by atoms with van der Waals surface area (Å²) in [7, 11) is 0. The molecule has 3 atom stereocenters. The summed E-state index contributed by atoms with van der Waals surface area (Å²) in [6, 6.07) is -2.79. The van der Waals surface area contributed by atoms with Gasteiger partial charge in [0.2, 0.25) is 17.7 Å². The number of unbranched alkanes of at least 4 members (excludes halogenated alkanes) is 3. The summed E-state index contributed by atoms with van der Waals surface area (Å²) in [4.78, 5) is 49.6. The number of nitrogens with one attached hydrogen (secondary N) is 3. The fourth-order valence-corrected chi connectivity index (χ4v) is 3.14. The third-order valence-electron chi connectivity index (χ3n) is 5.03. The maximum absolute atomic E-state index is 13.0. The van der Waals surface area contributed by atoms with Crippen molar-refractivity contribution in [2.75, 3.05) is 26.2 Å². The first-order valence-electron chi connectivity index (χ1n) is 11.7. The number of ether oxygens (including phenoxy) is 1. The molecule has 12 heteroatoms. The van der Waals surface area contributed by atoms with Crippen LogP contribution < -0.4 is 38.9 Å². The van der Waals surface area contributed by atoms with E-state index in [1.54, 1.807) is 0 Å². The number of amides is 4. The molecule has 194 valence electrons. The van der Waals surface area contributed by atoms with Gasteiger partial charge in [-0.2, -0.15) is 0 Å². The molecule has 34 heavy (non-hydrogen) atoms. The highest BCUT2D eigenvalue weighted by atomic mass is 16.5. The first-order chi connectivity index (χ1) is 16.3. The molecule has 0 bridgehead atoms. The lowest BCUT2D eigenvalue weighted by molar-refractivity contribution is -0.132. The highest BCUT2D eigenvalue weighted by molar-refractivity contribution is 5.93. The summed E-state index contributed by atoms with van der Waals surface area (Å²) in [5, 5.41) is 7.75. The SMILES string of the molecule is C#CCOC(=O)N[C@@H](CCCCN)C(=O)N[C@@H](CCCCN)C(=O)N[C@@H](CCCCN)C(N)=O. The van der Waals surface area contributed by atoms with E-state index >= 15 is 0 Å². The van der Waals surface area contributed by atoms with Crippen molar-refractivity contribution >= 4 is 23.8 Å². The summed E-state index contributed by atoms with van der Waals surface area (Å²) in [5.41, 5.74) is 22.0. The Morgan fingerprint density at radius 1 is 0.706 bits per heavy atom. The summed E-state index contributed by atoms with van der Waals surface area (Å²) in [6.07, 6.45) is 8.88.